The maximum atomic E-state index is 13.9. The standard InChI is InChI=1S/C29H35N3O5S/c1-6-27(29(34)30-4)31(19-23-11-15-25(37-5)16-12-23)28(33)20-32(24-13-7-21(2)8-14-24)38(35,36)26-17-9-22(3)10-18-26/h7-18,27H,6,19-20H2,1-5H3,(H,30,34)/t27-/m1/s1. The van der Waals surface area contributed by atoms with E-state index < -0.39 is 28.5 Å². The molecule has 3 rings (SSSR count). The van der Waals surface area contributed by atoms with Crippen molar-refractivity contribution in [1.29, 1.82) is 0 Å². The fraction of sp³-hybridized carbons (Fsp3) is 0.310. The summed E-state index contributed by atoms with van der Waals surface area (Å²) < 4.78 is 33.9. The molecule has 0 bridgehead atoms. The predicted octanol–water partition coefficient (Wildman–Crippen LogP) is 4.06. The summed E-state index contributed by atoms with van der Waals surface area (Å²) in [5.41, 5.74) is 3.02. The Bertz CT molecular complexity index is 1340. The van der Waals surface area contributed by atoms with Crippen molar-refractivity contribution in [2.75, 3.05) is 25.0 Å². The Hall–Kier alpha value is -3.85. The summed E-state index contributed by atoms with van der Waals surface area (Å²) in [5.74, 6) is -0.148. The molecule has 0 spiro atoms. The fourth-order valence-corrected chi connectivity index (χ4v) is 5.51. The van der Waals surface area contributed by atoms with Gasteiger partial charge in [-0.05, 0) is 62.2 Å². The van der Waals surface area contributed by atoms with Crippen LogP contribution in [0.25, 0.3) is 0 Å². The van der Waals surface area contributed by atoms with Crippen molar-refractivity contribution in [2.24, 2.45) is 0 Å². The molecule has 0 saturated heterocycles. The summed E-state index contributed by atoms with van der Waals surface area (Å²) in [6.07, 6.45) is 0.358. The average Bonchev–Trinajstić information content (AvgIpc) is 2.92. The van der Waals surface area contributed by atoms with E-state index in [9.17, 15) is 18.0 Å². The van der Waals surface area contributed by atoms with Crippen molar-refractivity contribution in [1.82, 2.24) is 10.2 Å². The van der Waals surface area contributed by atoms with Gasteiger partial charge in [0.15, 0.2) is 0 Å². The van der Waals surface area contributed by atoms with Gasteiger partial charge in [-0.1, -0.05) is 54.4 Å². The number of amides is 2. The Morgan fingerprint density at radius 3 is 1.95 bits per heavy atom. The molecule has 202 valence electrons. The number of anilines is 1. The third kappa shape index (κ3) is 6.72. The number of methoxy groups -OCH3 is 1. The Morgan fingerprint density at radius 1 is 0.895 bits per heavy atom. The van der Waals surface area contributed by atoms with E-state index >= 15 is 0 Å². The lowest BCUT2D eigenvalue weighted by Gasteiger charge is -2.33. The Kier molecular flexibility index (Phi) is 9.52. The van der Waals surface area contributed by atoms with E-state index in [2.05, 4.69) is 5.32 Å². The number of hydrogen-bond donors (Lipinski definition) is 1. The number of benzene rings is 3. The van der Waals surface area contributed by atoms with Gasteiger partial charge in [-0.25, -0.2) is 8.42 Å². The van der Waals surface area contributed by atoms with E-state index in [1.807, 2.05) is 32.9 Å². The van der Waals surface area contributed by atoms with Gasteiger partial charge in [0.05, 0.1) is 17.7 Å². The quantitative estimate of drug-likeness (QED) is 0.398. The summed E-state index contributed by atoms with van der Waals surface area (Å²) in [5, 5.41) is 2.62. The zero-order valence-corrected chi connectivity index (χ0v) is 23.3. The minimum atomic E-state index is -4.08. The second-order valence-corrected chi connectivity index (χ2v) is 10.9. The second-order valence-electron chi connectivity index (χ2n) is 9.07. The van der Waals surface area contributed by atoms with E-state index in [1.54, 1.807) is 55.6 Å². The van der Waals surface area contributed by atoms with Crippen LogP contribution in [0.5, 0.6) is 5.75 Å². The number of hydrogen-bond acceptors (Lipinski definition) is 5. The van der Waals surface area contributed by atoms with Gasteiger partial charge < -0.3 is 15.0 Å². The maximum absolute atomic E-state index is 13.9. The number of carbonyl (C=O) groups excluding carboxylic acids is 2. The number of nitrogens with zero attached hydrogens (tertiary/aromatic N) is 2. The molecule has 0 fully saturated rings. The van der Waals surface area contributed by atoms with Crippen LogP contribution < -0.4 is 14.4 Å². The molecule has 0 aliphatic rings. The second kappa shape index (κ2) is 12.6. The Morgan fingerprint density at radius 2 is 1.45 bits per heavy atom. The van der Waals surface area contributed by atoms with Gasteiger partial charge in [-0.2, -0.15) is 0 Å². The zero-order chi connectivity index (χ0) is 27.9. The summed E-state index contributed by atoms with van der Waals surface area (Å²) in [4.78, 5) is 28.2. The molecule has 2 amide bonds. The molecule has 3 aromatic carbocycles. The lowest BCUT2D eigenvalue weighted by Crippen LogP contribution is -2.51. The van der Waals surface area contributed by atoms with Crippen molar-refractivity contribution in [2.45, 2.75) is 44.7 Å². The van der Waals surface area contributed by atoms with E-state index in [0.29, 0.717) is 17.9 Å². The van der Waals surface area contributed by atoms with Crippen LogP contribution >= 0.6 is 0 Å². The topological polar surface area (TPSA) is 96.0 Å². The Balaban J connectivity index is 2.03. The number of sulfonamides is 1. The number of aryl methyl sites for hydroxylation is 2. The molecular formula is C29H35N3O5S. The lowest BCUT2D eigenvalue weighted by molar-refractivity contribution is -0.140. The number of rotatable bonds is 11. The molecule has 0 unspecified atom stereocenters. The minimum absolute atomic E-state index is 0.0801. The molecule has 38 heavy (non-hydrogen) atoms. The van der Waals surface area contributed by atoms with Gasteiger partial charge in [-0.15, -0.1) is 0 Å². The molecule has 9 heteroatoms. The first-order valence-corrected chi connectivity index (χ1v) is 13.8. The fourth-order valence-electron chi connectivity index (χ4n) is 4.09. The van der Waals surface area contributed by atoms with Crippen LogP contribution in [-0.4, -0.2) is 51.9 Å². The third-order valence-corrected chi connectivity index (χ3v) is 8.14. The molecule has 0 radical (unpaired) electrons. The molecule has 0 aliphatic carbocycles. The molecule has 8 nitrogen and oxygen atoms in total. The average molecular weight is 538 g/mol. The Labute approximate surface area is 225 Å². The highest BCUT2D eigenvalue weighted by Crippen LogP contribution is 2.25. The van der Waals surface area contributed by atoms with Crippen molar-refractivity contribution >= 4 is 27.5 Å². The summed E-state index contributed by atoms with van der Waals surface area (Å²) >= 11 is 0. The molecule has 0 aromatic heterocycles. The van der Waals surface area contributed by atoms with Gasteiger partial charge >= 0.3 is 0 Å². The van der Waals surface area contributed by atoms with Crippen LogP contribution in [0.2, 0.25) is 0 Å². The molecular weight excluding hydrogens is 502 g/mol. The smallest absolute Gasteiger partial charge is 0.264 e. The number of carbonyl (C=O) groups is 2. The van der Waals surface area contributed by atoms with Crippen molar-refractivity contribution < 1.29 is 22.7 Å². The van der Waals surface area contributed by atoms with Crippen LogP contribution in [0.4, 0.5) is 5.69 Å². The third-order valence-electron chi connectivity index (χ3n) is 6.35. The maximum Gasteiger partial charge on any atom is 0.264 e. The van der Waals surface area contributed by atoms with Crippen LogP contribution in [0.15, 0.2) is 77.7 Å². The van der Waals surface area contributed by atoms with Crippen molar-refractivity contribution in [3.05, 3.63) is 89.5 Å². The van der Waals surface area contributed by atoms with E-state index in [1.165, 1.54) is 24.1 Å². The number of nitrogens with one attached hydrogen (secondary N) is 1. The number of ether oxygens (including phenoxy) is 1. The normalized spacial score (nSPS) is 11.9. The first-order chi connectivity index (χ1) is 18.1. The highest BCUT2D eigenvalue weighted by Gasteiger charge is 2.33. The molecule has 0 heterocycles. The van der Waals surface area contributed by atoms with Crippen LogP contribution in [0.1, 0.15) is 30.0 Å². The van der Waals surface area contributed by atoms with Crippen LogP contribution in [-0.2, 0) is 26.2 Å². The molecule has 1 atom stereocenters. The van der Waals surface area contributed by atoms with Gasteiger partial charge in [0.25, 0.3) is 10.0 Å². The zero-order valence-electron chi connectivity index (χ0n) is 22.5. The largest absolute Gasteiger partial charge is 0.497 e. The lowest BCUT2D eigenvalue weighted by atomic mass is 10.1. The summed E-state index contributed by atoms with van der Waals surface area (Å²) in [7, 11) is -1.00. The van der Waals surface area contributed by atoms with E-state index in [0.717, 1.165) is 21.0 Å². The van der Waals surface area contributed by atoms with Gasteiger partial charge in [0, 0.05) is 13.6 Å². The van der Waals surface area contributed by atoms with Gasteiger partial charge in [0.1, 0.15) is 18.3 Å². The highest BCUT2D eigenvalue weighted by molar-refractivity contribution is 7.92. The van der Waals surface area contributed by atoms with E-state index in [4.69, 9.17) is 4.74 Å². The highest BCUT2D eigenvalue weighted by atomic mass is 32.2. The van der Waals surface area contributed by atoms with Crippen molar-refractivity contribution in [3.63, 3.8) is 0 Å². The van der Waals surface area contributed by atoms with Gasteiger partial charge in [-0.3, -0.25) is 13.9 Å². The van der Waals surface area contributed by atoms with Crippen molar-refractivity contribution in [3.8, 4) is 5.75 Å². The minimum Gasteiger partial charge on any atom is -0.497 e. The molecule has 0 aliphatic heterocycles. The van der Waals surface area contributed by atoms with E-state index in [-0.39, 0.29) is 17.3 Å². The first kappa shape index (κ1) is 28.7. The van der Waals surface area contributed by atoms with Crippen LogP contribution in [0.3, 0.4) is 0 Å². The SMILES string of the molecule is CC[C@H](C(=O)NC)N(Cc1ccc(OC)cc1)C(=O)CN(c1ccc(C)cc1)S(=O)(=O)c1ccc(C)cc1. The monoisotopic (exact) mass is 537 g/mol. The number of likely N-dealkylation sites (N-methyl/N-ethyl adjacent to an activating group) is 1. The van der Waals surface area contributed by atoms with Crippen LogP contribution in [0, 0.1) is 13.8 Å². The predicted molar refractivity (Wildman–Crippen MR) is 149 cm³/mol. The molecule has 0 saturated carbocycles. The van der Waals surface area contributed by atoms with Gasteiger partial charge in [0.2, 0.25) is 11.8 Å². The molecule has 1 N–H and O–H groups in total. The summed E-state index contributed by atoms with van der Waals surface area (Å²) in [6.45, 7) is 5.25. The first-order valence-electron chi connectivity index (χ1n) is 12.4. The molecule has 3 aromatic rings. The summed E-state index contributed by atoms with van der Waals surface area (Å²) in [6, 6.07) is 19.9.